The van der Waals surface area contributed by atoms with E-state index in [9.17, 15) is 4.79 Å². The van der Waals surface area contributed by atoms with Crippen LogP contribution in [0.25, 0.3) is 28.5 Å². The maximum atomic E-state index is 11.6. The van der Waals surface area contributed by atoms with Crippen LogP contribution >= 0.6 is 11.6 Å². The van der Waals surface area contributed by atoms with E-state index >= 15 is 0 Å². The molecule has 0 atom stereocenters. The van der Waals surface area contributed by atoms with Crippen molar-refractivity contribution < 1.29 is 0 Å². The summed E-state index contributed by atoms with van der Waals surface area (Å²) < 4.78 is 3.33. The number of benzene rings is 2. The molecule has 140 valence electrons. The van der Waals surface area contributed by atoms with Gasteiger partial charge in [-0.2, -0.15) is 10.2 Å². The number of nitrogens with one attached hydrogen (secondary N) is 1. The van der Waals surface area contributed by atoms with E-state index in [4.69, 9.17) is 21.7 Å². The van der Waals surface area contributed by atoms with E-state index in [1.54, 1.807) is 7.05 Å². The van der Waals surface area contributed by atoms with Gasteiger partial charge >= 0.3 is 5.69 Å². The first-order valence-corrected chi connectivity index (χ1v) is 9.43. The summed E-state index contributed by atoms with van der Waals surface area (Å²) in [6, 6.07) is 15.4. The van der Waals surface area contributed by atoms with Crippen LogP contribution in [0, 0.1) is 0 Å². The van der Waals surface area contributed by atoms with Crippen LogP contribution in [-0.2, 0) is 7.05 Å². The number of aromatic amines is 1. The molecule has 5 rings (SSSR count). The Labute approximate surface area is 165 Å². The quantitative estimate of drug-likeness (QED) is 0.575. The van der Waals surface area contributed by atoms with Gasteiger partial charge in [0.2, 0.25) is 0 Å². The van der Waals surface area contributed by atoms with Gasteiger partial charge in [0.05, 0.1) is 5.69 Å². The zero-order chi connectivity index (χ0) is 19.3. The standard InChI is InChI=1S/C20H17ClN6O/c1-26-19(23-24-20(26)28)14-9-7-13(8-10-14)18-22-17(12-5-6-12)25-27(18)16-4-2-3-15(21)11-16/h2-4,7-12H,5-6H2,1H3,(H,24,28). The Kier molecular flexibility index (Phi) is 3.91. The van der Waals surface area contributed by atoms with Crippen molar-refractivity contribution >= 4 is 11.6 Å². The fraction of sp³-hybridized carbons (Fsp3) is 0.200. The first-order chi connectivity index (χ1) is 13.6. The minimum atomic E-state index is -0.242. The van der Waals surface area contributed by atoms with E-state index in [1.165, 1.54) is 4.57 Å². The van der Waals surface area contributed by atoms with Crippen LogP contribution in [0.3, 0.4) is 0 Å². The Bertz CT molecular complexity index is 1220. The molecule has 4 aromatic rings. The fourth-order valence-corrected chi connectivity index (χ4v) is 3.38. The van der Waals surface area contributed by atoms with Crippen molar-refractivity contribution in [3.8, 4) is 28.5 Å². The monoisotopic (exact) mass is 392 g/mol. The second-order valence-electron chi connectivity index (χ2n) is 6.95. The van der Waals surface area contributed by atoms with Gasteiger partial charge < -0.3 is 0 Å². The summed E-state index contributed by atoms with van der Waals surface area (Å²) in [5, 5.41) is 11.9. The van der Waals surface area contributed by atoms with Crippen LogP contribution in [0.5, 0.6) is 0 Å². The van der Waals surface area contributed by atoms with E-state index in [0.717, 1.165) is 41.3 Å². The van der Waals surface area contributed by atoms with Crippen LogP contribution in [0.1, 0.15) is 24.6 Å². The molecule has 7 nitrogen and oxygen atoms in total. The van der Waals surface area contributed by atoms with Gasteiger partial charge in [0.25, 0.3) is 0 Å². The molecule has 0 amide bonds. The normalized spacial score (nSPS) is 13.8. The minimum absolute atomic E-state index is 0.242. The van der Waals surface area contributed by atoms with Gasteiger partial charge in [0, 0.05) is 29.1 Å². The lowest BCUT2D eigenvalue weighted by atomic mass is 10.1. The van der Waals surface area contributed by atoms with Gasteiger partial charge in [-0.15, -0.1) is 0 Å². The van der Waals surface area contributed by atoms with E-state index in [1.807, 2.05) is 53.2 Å². The smallest absolute Gasteiger partial charge is 0.278 e. The largest absolute Gasteiger partial charge is 0.343 e. The molecule has 8 heteroatoms. The van der Waals surface area contributed by atoms with E-state index < -0.39 is 0 Å². The highest BCUT2D eigenvalue weighted by atomic mass is 35.5. The SMILES string of the molecule is Cn1c(-c2ccc(-c3nc(C4CC4)nn3-c3cccc(Cl)c3)cc2)n[nH]c1=O. The lowest BCUT2D eigenvalue weighted by Crippen LogP contribution is -2.13. The molecule has 0 aliphatic heterocycles. The van der Waals surface area contributed by atoms with Crippen LogP contribution in [0.2, 0.25) is 5.02 Å². The zero-order valence-electron chi connectivity index (χ0n) is 15.1. The van der Waals surface area contributed by atoms with Crippen LogP contribution in [0.4, 0.5) is 0 Å². The molecule has 0 bridgehead atoms. The van der Waals surface area contributed by atoms with E-state index in [2.05, 4.69) is 10.2 Å². The highest BCUT2D eigenvalue weighted by molar-refractivity contribution is 6.30. The summed E-state index contributed by atoms with van der Waals surface area (Å²) in [4.78, 5) is 16.4. The Morgan fingerprint density at radius 3 is 2.39 bits per heavy atom. The Morgan fingerprint density at radius 2 is 1.79 bits per heavy atom. The number of hydrogen-bond donors (Lipinski definition) is 1. The first-order valence-electron chi connectivity index (χ1n) is 9.05. The highest BCUT2D eigenvalue weighted by Gasteiger charge is 2.29. The molecule has 1 N–H and O–H groups in total. The van der Waals surface area contributed by atoms with Gasteiger partial charge in [0.1, 0.15) is 0 Å². The summed E-state index contributed by atoms with van der Waals surface area (Å²) in [7, 11) is 1.69. The molecule has 1 saturated carbocycles. The van der Waals surface area contributed by atoms with Crippen molar-refractivity contribution in [2.24, 2.45) is 7.05 Å². The second kappa shape index (κ2) is 6.45. The van der Waals surface area contributed by atoms with E-state index in [0.29, 0.717) is 16.8 Å². The van der Waals surface area contributed by atoms with Crippen molar-refractivity contribution in [1.82, 2.24) is 29.5 Å². The average molecular weight is 393 g/mol. The summed E-state index contributed by atoms with van der Waals surface area (Å²) >= 11 is 6.18. The fourth-order valence-electron chi connectivity index (χ4n) is 3.19. The highest BCUT2D eigenvalue weighted by Crippen LogP contribution is 2.39. The molecule has 28 heavy (non-hydrogen) atoms. The third kappa shape index (κ3) is 2.93. The van der Waals surface area contributed by atoms with E-state index in [-0.39, 0.29) is 5.69 Å². The topological polar surface area (TPSA) is 81.4 Å². The number of H-pyrrole nitrogens is 1. The number of aromatic nitrogens is 6. The number of nitrogens with zero attached hydrogens (tertiary/aromatic N) is 5. The third-order valence-corrected chi connectivity index (χ3v) is 5.13. The summed E-state index contributed by atoms with van der Waals surface area (Å²) in [5.74, 6) is 2.67. The number of halogens is 1. The molecule has 0 spiro atoms. The zero-order valence-corrected chi connectivity index (χ0v) is 15.9. The molecule has 1 fully saturated rings. The molecule has 1 aliphatic rings. The Hall–Kier alpha value is -3.19. The predicted octanol–water partition coefficient (Wildman–Crippen LogP) is 3.55. The Balaban J connectivity index is 1.59. The average Bonchev–Trinajstić information content (AvgIpc) is 3.38. The lowest BCUT2D eigenvalue weighted by molar-refractivity contribution is 0.839. The third-order valence-electron chi connectivity index (χ3n) is 4.90. The van der Waals surface area contributed by atoms with Crippen molar-refractivity contribution in [3.05, 3.63) is 69.9 Å². The van der Waals surface area contributed by atoms with Crippen LogP contribution in [-0.4, -0.2) is 29.5 Å². The molecule has 2 heterocycles. The van der Waals surface area contributed by atoms with Crippen LogP contribution < -0.4 is 5.69 Å². The van der Waals surface area contributed by atoms with Crippen LogP contribution in [0.15, 0.2) is 53.3 Å². The number of hydrogen-bond acceptors (Lipinski definition) is 4. The molecule has 2 aromatic heterocycles. The maximum Gasteiger partial charge on any atom is 0.343 e. The Morgan fingerprint density at radius 1 is 1.07 bits per heavy atom. The van der Waals surface area contributed by atoms with Crippen molar-refractivity contribution in [2.45, 2.75) is 18.8 Å². The minimum Gasteiger partial charge on any atom is -0.278 e. The molecule has 2 aromatic carbocycles. The van der Waals surface area contributed by atoms with Gasteiger partial charge in [-0.05, 0) is 31.0 Å². The van der Waals surface area contributed by atoms with Gasteiger partial charge in [-0.25, -0.2) is 19.6 Å². The predicted molar refractivity (Wildman–Crippen MR) is 107 cm³/mol. The molecule has 0 radical (unpaired) electrons. The van der Waals surface area contributed by atoms with Crippen molar-refractivity contribution in [2.75, 3.05) is 0 Å². The summed E-state index contributed by atoms with van der Waals surface area (Å²) in [6.45, 7) is 0. The molecule has 0 unspecified atom stereocenters. The lowest BCUT2D eigenvalue weighted by Gasteiger charge is -2.07. The maximum absolute atomic E-state index is 11.6. The molecule has 1 aliphatic carbocycles. The van der Waals surface area contributed by atoms with Crippen molar-refractivity contribution in [3.63, 3.8) is 0 Å². The molecule has 0 saturated heterocycles. The second-order valence-corrected chi connectivity index (χ2v) is 7.38. The molecular weight excluding hydrogens is 376 g/mol. The summed E-state index contributed by atoms with van der Waals surface area (Å²) in [5.41, 5.74) is 2.42. The summed E-state index contributed by atoms with van der Waals surface area (Å²) in [6.07, 6.45) is 2.26. The van der Waals surface area contributed by atoms with Gasteiger partial charge in [0.15, 0.2) is 17.5 Å². The van der Waals surface area contributed by atoms with Gasteiger partial charge in [-0.3, -0.25) is 4.57 Å². The molecular formula is C20H17ClN6O. The number of rotatable bonds is 4. The van der Waals surface area contributed by atoms with Crippen molar-refractivity contribution in [1.29, 1.82) is 0 Å². The first kappa shape index (κ1) is 16.9. The van der Waals surface area contributed by atoms with Gasteiger partial charge in [-0.1, -0.05) is 41.9 Å².